The number of carbonyl (C=O) groups is 1. The Labute approximate surface area is 161 Å². The van der Waals surface area contributed by atoms with Gasteiger partial charge in [0.2, 0.25) is 0 Å². The molecule has 136 valence electrons. The lowest BCUT2D eigenvalue weighted by atomic mass is 9.98. The van der Waals surface area contributed by atoms with Gasteiger partial charge in [-0.25, -0.2) is 4.79 Å². The number of aryl methyl sites for hydroxylation is 1. The summed E-state index contributed by atoms with van der Waals surface area (Å²) >= 11 is 0. The first-order valence-electron chi connectivity index (χ1n) is 9.90. The number of ether oxygens (including phenoxy) is 1. The highest BCUT2D eigenvalue weighted by molar-refractivity contribution is 5.79. The highest BCUT2D eigenvalue weighted by Crippen LogP contribution is 2.44. The number of fused-ring (bicyclic) bond motifs is 3. The molecule has 4 rings (SSSR count). The molecule has 1 unspecified atom stereocenters. The molecule has 27 heavy (non-hydrogen) atoms. The smallest absolute Gasteiger partial charge is 0.407 e. The van der Waals surface area contributed by atoms with E-state index in [0.717, 1.165) is 35.1 Å². The van der Waals surface area contributed by atoms with Crippen LogP contribution in [0, 0.1) is 0 Å². The minimum absolute atomic E-state index is 0.262. The Morgan fingerprint density at radius 1 is 0.889 bits per heavy atom. The molecule has 0 radical (unpaired) electrons. The lowest BCUT2D eigenvalue weighted by molar-refractivity contribution is 0.143. The van der Waals surface area contributed by atoms with E-state index in [1.54, 1.807) is 0 Å². The van der Waals surface area contributed by atoms with Crippen molar-refractivity contribution in [3.63, 3.8) is 0 Å². The van der Waals surface area contributed by atoms with E-state index in [1.165, 1.54) is 5.56 Å². The van der Waals surface area contributed by atoms with Crippen LogP contribution in [-0.4, -0.2) is 19.2 Å². The first kappa shape index (κ1) is 16.1. The van der Waals surface area contributed by atoms with Crippen LogP contribution in [0.5, 0.6) is 0 Å². The highest BCUT2D eigenvalue weighted by Gasteiger charge is 2.28. The topological polar surface area (TPSA) is 38.3 Å². The van der Waals surface area contributed by atoms with Gasteiger partial charge < -0.3 is 10.1 Å². The zero-order valence-corrected chi connectivity index (χ0v) is 15.1. The molecular formula is C24H23NO2. The highest BCUT2D eigenvalue weighted by atomic mass is 16.5. The van der Waals surface area contributed by atoms with Crippen molar-refractivity contribution < 1.29 is 10.9 Å². The molecule has 3 aromatic carbocycles. The van der Waals surface area contributed by atoms with Crippen LogP contribution in [0.15, 0.2) is 78.9 Å². The summed E-state index contributed by atoms with van der Waals surface area (Å²) in [4.78, 5) is 12.2. The molecule has 0 aromatic heterocycles. The summed E-state index contributed by atoms with van der Waals surface area (Å²) in [5, 5.41) is 2.77. The fraction of sp³-hybridized carbons (Fsp3) is 0.208. The first-order chi connectivity index (χ1) is 13.7. The van der Waals surface area contributed by atoms with Crippen molar-refractivity contribution in [2.45, 2.75) is 18.8 Å². The normalized spacial score (nSPS) is 14.0. The number of amides is 1. The molecule has 1 amide bonds. The molecule has 0 saturated carbocycles. The van der Waals surface area contributed by atoms with Crippen molar-refractivity contribution in [2.24, 2.45) is 0 Å². The van der Waals surface area contributed by atoms with E-state index in [1.807, 2.05) is 54.6 Å². The second kappa shape index (κ2) is 8.09. The Bertz CT molecular complexity index is 912. The fourth-order valence-corrected chi connectivity index (χ4v) is 3.64. The maximum absolute atomic E-state index is 12.2. The van der Waals surface area contributed by atoms with E-state index in [9.17, 15) is 4.79 Å². The van der Waals surface area contributed by atoms with Gasteiger partial charge in [-0.3, -0.25) is 0 Å². The molecule has 1 atom stereocenters. The molecule has 3 nitrogen and oxygen atoms in total. The van der Waals surface area contributed by atoms with Crippen LogP contribution in [0.2, 0.25) is 0 Å². The third-order valence-corrected chi connectivity index (χ3v) is 4.95. The van der Waals surface area contributed by atoms with E-state index in [0.29, 0.717) is 6.54 Å². The number of benzene rings is 3. The van der Waals surface area contributed by atoms with Gasteiger partial charge in [-0.05, 0) is 40.7 Å². The Hall–Kier alpha value is -3.07. The standard InChI is InChI=1S/C24H23NO2/c26-24(25-16-8-11-18-9-2-1-3-10-18)27-17-23-21-14-6-4-12-19(21)20-13-5-7-15-22(20)23/h1-7,9-10,12-15,23H,8,11,16-17H2,(H,25,26)/i17D. The average molecular weight is 358 g/mol. The van der Waals surface area contributed by atoms with E-state index in [-0.39, 0.29) is 5.92 Å². The summed E-state index contributed by atoms with van der Waals surface area (Å²) in [5.74, 6) is -0.262. The molecular weight excluding hydrogens is 334 g/mol. The molecule has 1 N–H and O–H groups in total. The van der Waals surface area contributed by atoms with Crippen molar-refractivity contribution in [3.05, 3.63) is 95.6 Å². The second-order valence-corrected chi connectivity index (χ2v) is 6.71. The minimum atomic E-state index is -0.987. The van der Waals surface area contributed by atoms with Gasteiger partial charge in [-0.2, -0.15) is 0 Å². The van der Waals surface area contributed by atoms with Gasteiger partial charge in [0, 0.05) is 12.5 Å². The zero-order chi connectivity index (χ0) is 19.3. The molecule has 3 heteroatoms. The molecule has 0 fully saturated rings. The average Bonchev–Trinajstić information content (AvgIpc) is 3.07. The Morgan fingerprint density at radius 2 is 1.48 bits per heavy atom. The molecule has 3 aromatic rings. The first-order valence-corrected chi connectivity index (χ1v) is 9.33. The fourth-order valence-electron chi connectivity index (χ4n) is 3.64. The maximum Gasteiger partial charge on any atom is 0.407 e. The van der Waals surface area contributed by atoms with Gasteiger partial charge in [-0.1, -0.05) is 78.9 Å². The van der Waals surface area contributed by atoms with Crippen molar-refractivity contribution in [3.8, 4) is 11.1 Å². The number of nitrogens with one attached hydrogen (secondary N) is 1. The number of rotatable bonds is 6. The lowest BCUT2D eigenvalue weighted by Gasteiger charge is -2.14. The number of alkyl carbamates (subject to hydrolysis) is 1. The Morgan fingerprint density at radius 3 is 2.15 bits per heavy atom. The molecule has 0 spiro atoms. The minimum Gasteiger partial charge on any atom is -0.449 e. The summed E-state index contributed by atoms with van der Waals surface area (Å²) in [7, 11) is 0. The molecule has 1 aliphatic carbocycles. The van der Waals surface area contributed by atoms with Crippen molar-refractivity contribution in [1.29, 1.82) is 0 Å². The molecule has 0 saturated heterocycles. The van der Waals surface area contributed by atoms with Crippen LogP contribution in [-0.2, 0) is 11.2 Å². The quantitative estimate of drug-likeness (QED) is 0.618. The SMILES string of the molecule is [2H]C(OC(=O)NCCCc1ccccc1)C1c2ccccc2-c2ccccc21. The van der Waals surface area contributed by atoms with Crippen LogP contribution >= 0.6 is 0 Å². The van der Waals surface area contributed by atoms with Crippen LogP contribution in [0.25, 0.3) is 11.1 Å². The predicted octanol–water partition coefficient (Wildman–Crippen LogP) is 5.16. The second-order valence-electron chi connectivity index (χ2n) is 6.71. The van der Waals surface area contributed by atoms with Gasteiger partial charge >= 0.3 is 6.09 Å². The van der Waals surface area contributed by atoms with Gasteiger partial charge in [0.15, 0.2) is 0 Å². The molecule has 0 heterocycles. The van der Waals surface area contributed by atoms with E-state index in [4.69, 9.17) is 6.11 Å². The van der Waals surface area contributed by atoms with Crippen molar-refractivity contribution in [2.75, 3.05) is 13.1 Å². The Balaban J connectivity index is 1.36. The lowest BCUT2D eigenvalue weighted by Crippen LogP contribution is -2.27. The zero-order valence-electron chi connectivity index (χ0n) is 16.1. The van der Waals surface area contributed by atoms with E-state index in [2.05, 4.69) is 29.6 Å². The largest absolute Gasteiger partial charge is 0.449 e. The van der Waals surface area contributed by atoms with E-state index < -0.39 is 12.7 Å². The van der Waals surface area contributed by atoms with Crippen LogP contribution in [0.1, 0.15) is 30.4 Å². The summed E-state index contributed by atoms with van der Waals surface area (Å²) in [6.45, 7) is -0.461. The summed E-state index contributed by atoms with van der Waals surface area (Å²) in [5.41, 5.74) is 5.57. The summed E-state index contributed by atoms with van der Waals surface area (Å²) < 4.78 is 13.9. The summed E-state index contributed by atoms with van der Waals surface area (Å²) in [6.07, 6.45) is 1.20. The maximum atomic E-state index is 12.2. The predicted molar refractivity (Wildman–Crippen MR) is 108 cm³/mol. The number of hydrogen-bond acceptors (Lipinski definition) is 2. The van der Waals surface area contributed by atoms with Crippen molar-refractivity contribution >= 4 is 6.09 Å². The van der Waals surface area contributed by atoms with Gasteiger partial charge in [-0.15, -0.1) is 0 Å². The number of carbonyl (C=O) groups excluding carboxylic acids is 1. The van der Waals surface area contributed by atoms with Gasteiger partial charge in [0.25, 0.3) is 0 Å². The van der Waals surface area contributed by atoms with Crippen LogP contribution in [0.3, 0.4) is 0 Å². The molecule has 1 aliphatic rings. The number of hydrogen-bond donors (Lipinski definition) is 1. The molecule has 0 bridgehead atoms. The molecule has 0 aliphatic heterocycles. The van der Waals surface area contributed by atoms with Crippen molar-refractivity contribution in [1.82, 2.24) is 5.32 Å². The van der Waals surface area contributed by atoms with E-state index >= 15 is 0 Å². The van der Waals surface area contributed by atoms with Crippen LogP contribution in [0.4, 0.5) is 4.79 Å². The third kappa shape index (κ3) is 3.87. The Kier molecular flexibility index (Phi) is 4.83. The van der Waals surface area contributed by atoms with Gasteiger partial charge in [0.05, 0.1) is 1.37 Å². The van der Waals surface area contributed by atoms with Gasteiger partial charge in [0.1, 0.15) is 6.58 Å². The summed E-state index contributed by atoms with van der Waals surface area (Å²) in [6, 6.07) is 26.3. The third-order valence-electron chi connectivity index (χ3n) is 4.95. The van der Waals surface area contributed by atoms with Crippen LogP contribution < -0.4 is 5.32 Å². The monoisotopic (exact) mass is 358 g/mol.